The summed E-state index contributed by atoms with van der Waals surface area (Å²) in [4.78, 5) is 0. The zero-order chi connectivity index (χ0) is 13.1. The minimum Gasteiger partial charge on any atom is -0.310 e. The Morgan fingerprint density at radius 3 is 2.78 bits per heavy atom. The van der Waals surface area contributed by atoms with Gasteiger partial charge in [-0.15, -0.1) is 0 Å². The number of hydrogen-bond donors (Lipinski definition) is 1. The van der Waals surface area contributed by atoms with E-state index in [1.165, 1.54) is 11.1 Å². The Morgan fingerprint density at radius 2 is 2.06 bits per heavy atom. The number of thioether (sulfide) groups is 1. The maximum absolute atomic E-state index is 6.42. The minimum atomic E-state index is 0.321. The highest BCUT2D eigenvalue weighted by Crippen LogP contribution is 2.41. The Kier molecular flexibility index (Phi) is 5.25. The van der Waals surface area contributed by atoms with Crippen LogP contribution in [0, 0.1) is 5.92 Å². The van der Waals surface area contributed by atoms with E-state index < -0.39 is 0 Å². The largest absolute Gasteiger partial charge is 0.310 e. The van der Waals surface area contributed by atoms with E-state index in [0.29, 0.717) is 12.0 Å². The summed E-state index contributed by atoms with van der Waals surface area (Å²) in [6.45, 7) is 5.48. The number of hydrogen-bond acceptors (Lipinski definition) is 2. The first kappa shape index (κ1) is 14.5. The molecule has 0 saturated heterocycles. The van der Waals surface area contributed by atoms with Crippen molar-refractivity contribution in [3.63, 3.8) is 0 Å². The number of fused-ring (bicyclic) bond motifs is 1. The van der Waals surface area contributed by atoms with Gasteiger partial charge in [-0.3, -0.25) is 0 Å². The predicted molar refractivity (Wildman–Crippen MR) is 82.8 cm³/mol. The molecule has 0 radical (unpaired) electrons. The summed E-state index contributed by atoms with van der Waals surface area (Å²) in [5.41, 5.74) is 2.43. The minimum absolute atomic E-state index is 0.321. The molecule has 2 rings (SSSR count). The van der Waals surface area contributed by atoms with Crippen molar-refractivity contribution in [2.75, 3.05) is 12.3 Å². The van der Waals surface area contributed by atoms with E-state index in [-0.39, 0.29) is 0 Å². The number of nitrogens with one attached hydrogen (secondary N) is 1. The summed E-state index contributed by atoms with van der Waals surface area (Å²) in [5.74, 6) is 2.67. The van der Waals surface area contributed by atoms with Gasteiger partial charge in [0, 0.05) is 21.8 Å². The molecule has 0 bridgehead atoms. The lowest BCUT2D eigenvalue weighted by molar-refractivity contribution is 0.419. The van der Waals surface area contributed by atoms with Gasteiger partial charge in [0.1, 0.15) is 0 Å². The molecule has 0 aromatic heterocycles. The molecule has 1 nitrogen and oxygen atoms in total. The second-order valence-electron chi connectivity index (χ2n) is 4.85. The fourth-order valence-electron chi connectivity index (χ4n) is 2.42. The first-order valence-electron chi connectivity index (χ1n) is 6.43. The van der Waals surface area contributed by atoms with Gasteiger partial charge in [0.25, 0.3) is 0 Å². The van der Waals surface area contributed by atoms with Crippen LogP contribution >= 0.6 is 35.0 Å². The van der Waals surface area contributed by atoms with Gasteiger partial charge in [0.05, 0.1) is 0 Å². The van der Waals surface area contributed by atoms with Crippen molar-refractivity contribution in [3.8, 4) is 0 Å². The molecule has 1 N–H and O–H groups in total. The maximum Gasteiger partial charge on any atom is 0.0458 e. The van der Waals surface area contributed by atoms with Gasteiger partial charge in [0.15, 0.2) is 0 Å². The van der Waals surface area contributed by atoms with E-state index in [1.54, 1.807) is 0 Å². The van der Waals surface area contributed by atoms with Gasteiger partial charge in [-0.1, -0.05) is 37.0 Å². The molecule has 0 fully saturated rings. The van der Waals surface area contributed by atoms with Gasteiger partial charge in [-0.2, -0.15) is 11.8 Å². The van der Waals surface area contributed by atoms with Crippen molar-refractivity contribution in [2.24, 2.45) is 5.92 Å². The lowest BCUT2D eigenvalue weighted by Gasteiger charge is -2.25. The lowest BCUT2D eigenvalue weighted by atomic mass is 9.92. The van der Waals surface area contributed by atoms with E-state index in [4.69, 9.17) is 23.2 Å². The highest BCUT2D eigenvalue weighted by Gasteiger charge is 2.27. The average Bonchev–Trinajstić information content (AvgIpc) is 2.52. The van der Waals surface area contributed by atoms with Crippen LogP contribution in [-0.4, -0.2) is 12.3 Å². The van der Waals surface area contributed by atoms with Crippen LogP contribution in [0.3, 0.4) is 0 Å². The highest BCUT2D eigenvalue weighted by molar-refractivity contribution is 7.98. The molecule has 0 amide bonds. The summed E-state index contributed by atoms with van der Waals surface area (Å²) in [6, 6.07) is 4.16. The standard InChI is InChI=1S/C14H19Cl2NS/c1-3-6-17-14-9(2)7-18-8-10-11(15)4-5-12(16)13(10)14/h4-5,9,14,17H,3,6-8H2,1-2H3. The molecule has 1 aliphatic heterocycles. The van der Waals surface area contributed by atoms with E-state index in [1.807, 2.05) is 23.9 Å². The second kappa shape index (κ2) is 6.51. The van der Waals surface area contributed by atoms with E-state index >= 15 is 0 Å². The summed E-state index contributed by atoms with van der Waals surface area (Å²) in [6.07, 6.45) is 1.13. The van der Waals surface area contributed by atoms with Crippen molar-refractivity contribution in [1.82, 2.24) is 5.32 Å². The molecule has 1 aromatic carbocycles. The Balaban J connectivity index is 2.43. The van der Waals surface area contributed by atoms with Gasteiger partial charge in [-0.05, 0) is 47.9 Å². The highest BCUT2D eigenvalue weighted by atomic mass is 35.5. The van der Waals surface area contributed by atoms with Crippen LogP contribution in [0.5, 0.6) is 0 Å². The molecule has 1 aromatic rings. The van der Waals surface area contributed by atoms with Gasteiger partial charge in [0.2, 0.25) is 0 Å². The SMILES string of the molecule is CCCNC1c2c(Cl)ccc(Cl)c2CSCC1C. The first-order chi connectivity index (χ1) is 8.65. The van der Waals surface area contributed by atoms with Crippen molar-refractivity contribution in [3.05, 3.63) is 33.3 Å². The van der Waals surface area contributed by atoms with Crippen molar-refractivity contribution in [2.45, 2.75) is 32.1 Å². The molecule has 1 aliphatic rings. The Bertz CT molecular complexity index is 423. The third-order valence-electron chi connectivity index (χ3n) is 3.37. The number of halogens is 2. The monoisotopic (exact) mass is 303 g/mol. The molecule has 2 unspecified atom stereocenters. The van der Waals surface area contributed by atoms with Gasteiger partial charge < -0.3 is 5.32 Å². The molecular weight excluding hydrogens is 285 g/mol. The zero-order valence-corrected chi connectivity index (χ0v) is 13.1. The summed E-state index contributed by atoms with van der Waals surface area (Å²) >= 11 is 14.7. The maximum atomic E-state index is 6.42. The third kappa shape index (κ3) is 2.98. The van der Waals surface area contributed by atoms with Crippen LogP contribution in [0.1, 0.15) is 37.4 Å². The Morgan fingerprint density at radius 1 is 1.33 bits per heavy atom. The lowest BCUT2D eigenvalue weighted by Crippen LogP contribution is -2.29. The fraction of sp³-hybridized carbons (Fsp3) is 0.571. The molecule has 0 spiro atoms. The van der Waals surface area contributed by atoms with Crippen molar-refractivity contribution < 1.29 is 0 Å². The van der Waals surface area contributed by atoms with Crippen LogP contribution < -0.4 is 5.32 Å². The predicted octanol–water partition coefficient (Wildman–Crippen LogP) is 4.92. The van der Waals surface area contributed by atoms with Crippen LogP contribution in [0.4, 0.5) is 0 Å². The Hall–Kier alpha value is 0.110. The average molecular weight is 304 g/mol. The first-order valence-corrected chi connectivity index (χ1v) is 8.34. The number of benzene rings is 1. The second-order valence-corrected chi connectivity index (χ2v) is 6.69. The normalized spacial score (nSPS) is 23.6. The summed E-state index contributed by atoms with van der Waals surface area (Å²) in [7, 11) is 0. The fourth-order valence-corrected chi connectivity index (χ4v) is 4.23. The molecule has 4 heteroatoms. The molecule has 0 saturated carbocycles. The van der Waals surface area contributed by atoms with Gasteiger partial charge >= 0.3 is 0 Å². The molecular formula is C14H19Cl2NS. The topological polar surface area (TPSA) is 12.0 Å². The van der Waals surface area contributed by atoms with Crippen LogP contribution in [0.15, 0.2) is 12.1 Å². The molecule has 2 atom stereocenters. The van der Waals surface area contributed by atoms with Crippen molar-refractivity contribution >= 4 is 35.0 Å². The van der Waals surface area contributed by atoms with Crippen molar-refractivity contribution in [1.29, 1.82) is 0 Å². The summed E-state index contributed by atoms with van der Waals surface area (Å²) in [5, 5.41) is 5.32. The molecule has 1 heterocycles. The Labute approximate surface area is 124 Å². The molecule has 18 heavy (non-hydrogen) atoms. The smallest absolute Gasteiger partial charge is 0.0458 e. The van der Waals surface area contributed by atoms with Crippen LogP contribution in [0.25, 0.3) is 0 Å². The molecule has 0 aliphatic carbocycles. The van der Waals surface area contributed by atoms with Gasteiger partial charge in [-0.25, -0.2) is 0 Å². The van der Waals surface area contributed by atoms with E-state index in [0.717, 1.165) is 34.5 Å². The van der Waals surface area contributed by atoms with Crippen LogP contribution in [-0.2, 0) is 5.75 Å². The molecule has 100 valence electrons. The van der Waals surface area contributed by atoms with E-state index in [2.05, 4.69) is 19.2 Å². The number of rotatable bonds is 3. The van der Waals surface area contributed by atoms with Crippen LogP contribution in [0.2, 0.25) is 10.0 Å². The third-order valence-corrected chi connectivity index (χ3v) is 5.31. The zero-order valence-electron chi connectivity index (χ0n) is 10.8. The quantitative estimate of drug-likeness (QED) is 0.851. The summed E-state index contributed by atoms with van der Waals surface area (Å²) < 4.78 is 0. The van der Waals surface area contributed by atoms with E-state index in [9.17, 15) is 0 Å².